The zero-order chi connectivity index (χ0) is 16.9. The molecule has 0 atom stereocenters. The minimum absolute atomic E-state index is 0.144. The van der Waals surface area contributed by atoms with Crippen molar-refractivity contribution in [3.63, 3.8) is 0 Å². The van der Waals surface area contributed by atoms with Crippen molar-refractivity contribution < 1.29 is 9.59 Å². The zero-order valence-electron chi connectivity index (χ0n) is 13.7. The monoisotopic (exact) mass is 310 g/mol. The van der Waals surface area contributed by atoms with Crippen LogP contribution in [0.25, 0.3) is 0 Å². The van der Waals surface area contributed by atoms with E-state index in [9.17, 15) is 9.59 Å². The van der Waals surface area contributed by atoms with Gasteiger partial charge in [0.05, 0.1) is 0 Å². The first-order valence-corrected chi connectivity index (χ1v) is 7.60. The van der Waals surface area contributed by atoms with Crippen LogP contribution in [0.3, 0.4) is 0 Å². The predicted octanol–water partition coefficient (Wildman–Crippen LogP) is 3.52. The van der Waals surface area contributed by atoms with Crippen LogP contribution < -0.4 is 5.43 Å². The highest BCUT2D eigenvalue weighted by molar-refractivity contribution is 5.99. The van der Waals surface area contributed by atoms with E-state index in [1.807, 2.05) is 45.0 Å². The Morgan fingerprint density at radius 3 is 1.83 bits per heavy atom. The number of nitrogens with zero attached hydrogens (tertiary/aromatic N) is 1. The second-order valence-corrected chi connectivity index (χ2v) is 6.62. The molecule has 0 aliphatic carbocycles. The standard InChI is InChI=1S/C19H22N2O2/c1-19(2,3)14-21(18(23)16-12-8-5-9-13-16)20-17(22)15-10-6-4-7-11-15/h4-13H,14H2,1-3H3,(H,20,22). The number of benzene rings is 2. The van der Waals surface area contributed by atoms with Crippen LogP contribution in [0.2, 0.25) is 0 Å². The van der Waals surface area contributed by atoms with Crippen molar-refractivity contribution in [2.75, 3.05) is 6.54 Å². The van der Waals surface area contributed by atoms with Gasteiger partial charge in [0.1, 0.15) is 0 Å². The van der Waals surface area contributed by atoms with E-state index >= 15 is 0 Å². The Morgan fingerprint density at radius 2 is 1.35 bits per heavy atom. The van der Waals surface area contributed by atoms with Crippen molar-refractivity contribution in [2.45, 2.75) is 20.8 Å². The van der Waals surface area contributed by atoms with E-state index in [4.69, 9.17) is 0 Å². The molecule has 0 heterocycles. The average Bonchev–Trinajstić information content (AvgIpc) is 2.54. The van der Waals surface area contributed by atoms with Crippen LogP contribution >= 0.6 is 0 Å². The summed E-state index contributed by atoms with van der Waals surface area (Å²) in [6, 6.07) is 17.8. The normalized spacial score (nSPS) is 10.9. The molecule has 0 spiro atoms. The zero-order valence-corrected chi connectivity index (χ0v) is 13.7. The van der Waals surface area contributed by atoms with Crippen molar-refractivity contribution in [1.29, 1.82) is 0 Å². The maximum absolute atomic E-state index is 12.7. The molecule has 0 saturated carbocycles. The first kappa shape index (κ1) is 16.7. The van der Waals surface area contributed by atoms with Crippen LogP contribution in [0.1, 0.15) is 41.5 Å². The summed E-state index contributed by atoms with van der Waals surface area (Å²) in [5.41, 5.74) is 3.66. The van der Waals surface area contributed by atoms with Gasteiger partial charge >= 0.3 is 0 Å². The number of rotatable bonds is 3. The fraction of sp³-hybridized carbons (Fsp3) is 0.263. The highest BCUT2D eigenvalue weighted by Crippen LogP contribution is 2.16. The average molecular weight is 310 g/mol. The fourth-order valence-corrected chi connectivity index (χ4v) is 2.15. The molecular formula is C19H22N2O2. The quantitative estimate of drug-likeness (QED) is 0.882. The topological polar surface area (TPSA) is 49.4 Å². The molecule has 4 nitrogen and oxygen atoms in total. The molecule has 2 amide bonds. The van der Waals surface area contributed by atoms with Gasteiger partial charge in [-0.2, -0.15) is 0 Å². The van der Waals surface area contributed by atoms with Crippen LogP contribution in [0.15, 0.2) is 60.7 Å². The Hall–Kier alpha value is -2.62. The summed E-state index contributed by atoms with van der Waals surface area (Å²) < 4.78 is 0. The Balaban J connectivity index is 2.21. The van der Waals surface area contributed by atoms with Crippen molar-refractivity contribution in [1.82, 2.24) is 10.4 Å². The van der Waals surface area contributed by atoms with Crippen LogP contribution in [0, 0.1) is 5.41 Å². The fourth-order valence-electron chi connectivity index (χ4n) is 2.15. The minimum atomic E-state index is -0.292. The van der Waals surface area contributed by atoms with Gasteiger partial charge in [-0.05, 0) is 29.7 Å². The Kier molecular flexibility index (Phi) is 5.16. The van der Waals surface area contributed by atoms with E-state index in [1.54, 1.807) is 36.4 Å². The van der Waals surface area contributed by atoms with Crippen LogP contribution in [-0.2, 0) is 0 Å². The third-order valence-electron chi connectivity index (χ3n) is 3.17. The lowest BCUT2D eigenvalue weighted by Gasteiger charge is -2.30. The second kappa shape index (κ2) is 7.09. The number of amides is 2. The molecular weight excluding hydrogens is 288 g/mol. The van der Waals surface area contributed by atoms with Crippen LogP contribution in [-0.4, -0.2) is 23.4 Å². The summed E-state index contributed by atoms with van der Waals surface area (Å²) in [7, 11) is 0. The minimum Gasteiger partial charge on any atom is -0.267 e. The third-order valence-corrected chi connectivity index (χ3v) is 3.17. The summed E-state index contributed by atoms with van der Waals surface area (Å²) in [6.45, 7) is 6.48. The summed E-state index contributed by atoms with van der Waals surface area (Å²) in [5.74, 6) is -0.510. The van der Waals surface area contributed by atoms with Gasteiger partial charge in [0.15, 0.2) is 0 Å². The molecule has 1 N–H and O–H groups in total. The van der Waals surface area contributed by atoms with Gasteiger partial charge in [-0.3, -0.25) is 15.0 Å². The van der Waals surface area contributed by atoms with Crippen molar-refractivity contribution >= 4 is 11.8 Å². The van der Waals surface area contributed by atoms with E-state index in [-0.39, 0.29) is 17.2 Å². The third kappa shape index (κ3) is 4.95. The molecule has 120 valence electrons. The Morgan fingerprint density at radius 1 is 0.870 bits per heavy atom. The molecule has 23 heavy (non-hydrogen) atoms. The Labute approximate surface area is 137 Å². The highest BCUT2D eigenvalue weighted by atomic mass is 16.2. The smallest absolute Gasteiger partial charge is 0.267 e. The van der Waals surface area contributed by atoms with E-state index < -0.39 is 0 Å². The van der Waals surface area contributed by atoms with Crippen molar-refractivity contribution in [3.05, 3.63) is 71.8 Å². The second-order valence-electron chi connectivity index (χ2n) is 6.62. The number of hydrogen-bond donors (Lipinski definition) is 1. The lowest BCUT2D eigenvalue weighted by atomic mass is 9.96. The van der Waals surface area contributed by atoms with E-state index in [0.29, 0.717) is 17.7 Å². The van der Waals surface area contributed by atoms with Gasteiger partial charge in [-0.25, -0.2) is 5.01 Å². The number of nitrogens with one attached hydrogen (secondary N) is 1. The maximum atomic E-state index is 12.7. The molecule has 0 bridgehead atoms. The predicted molar refractivity (Wildman–Crippen MR) is 90.8 cm³/mol. The number of carbonyl (C=O) groups is 2. The molecule has 0 aromatic heterocycles. The summed E-state index contributed by atoms with van der Waals surface area (Å²) in [6.07, 6.45) is 0. The molecule has 2 aromatic carbocycles. The Bertz CT molecular complexity index is 661. The molecule has 0 unspecified atom stereocenters. The lowest BCUT2D eigenvalue weighted by molar-refractivity contribution is 0.0509. The molecule has 2 aromatic rings. The number of hydrazine groups is 1. The van der Waals surface area contributed by atoms with E-state index in [2.05, 4.69) is 5.43 Å². The lowest BCUT2D eigenvalue weighted by Crippen LogP contribution is -2.49. The summed E-state index contributed by atoms with van der Waals surface area (Å²) in [5, 5.41) is 1.39. The number of carbonyl (C=O) groups excluding carboxylic acids is 2. The van der Waals surface area contributed by atoms with Crippen molar-refractivity contribution in [3.8, 4) is 0 Å². The largest absolute Gasteiger partial charge is 0.272 e. The van der Waals surface area contributed by atoms with Crippen molar-refractivity contribution in [2.24, 2.45) is 5.41 Å². The number of hydrogen-bond acceptors (Lipinski definition) is 2. The highest BCUT2D eigenvalue weighted by Gasteiger charge is 2.24. The summed E-state index contributed by atoms with van der Waals surface area (Å²) in [4.78, 5) is 25.1. The molecule has 0 radical (unpaired) electrons. The molecule has 0 aliphatic rings. The van der Waals surface area contributed by atoms with Gasteiger partial charge in [-0.15, -0.1) is 0 Å². The molecule has 2 rings (SSSR count). The van der Waals surface area contributed by atoms with Crippen LogP contribution in [0.4, 0.5) is 0 Å². The summed E-state index contributed by atoms with van der Waals surface area (Å²) >= 11 is 0. The van der Waals surface area contributed by atoms with E-state index in [1.165, 1.54) is 5.01 Å². The SMILES string of the molecule is CC(C)(C)CN(NC(=O)c1ccccc1)C(=O)c1ccccc1. The molecule has 0 aliphatic heterocycles. The first-order valence-electron chi connectivity index (χ1n) is 7.60. The van der Waals surface area contributed by atoms with Gasteiger partial charge in [0.25, 0.3) is 11.8 Å². The molecule has 4 heteroatoms. The maximum Gasteiger partial charge on any atom is 0.272 e. The first-order chi connectivity index (χ1) is 10.9. The van der Waals surface area contributed by atoms with Gasteiger partial charge in [0, 0.05) is 17.7 Å². The van der Waals surface area contributed by atoms with E-state index in [0.717, 1.165) is 0 Å². The van der Waals surface area contributed by atoms with Gasteiger partial charge < -0.3 is 0 Å². The van der Waals surface area contributed by atoms with Gasteiger partial charge in [-0.1, -0.05) is 57.2 Å². The van der Waals surface area contributed by atoms with Crippen LogP contribution in [0.5, 0.6) is 0 Å². The van der Waals surface area contributed by atoms with Gasteiger partial charge in [0.2, 0.25) is 0 Å². The molecule has 0 saturated heterocycles. The molecule has 0 fully saturated rings.